The van der Waals surface area contributed by atoms with Crippen LogP contribution in [0, 0.1) is 4.64 Å². The number of H-pyrrole nitrogens is 1. The van der Waals surface area contributed by atoms with E-state index in [1.54, 1.807) is 0 Å². The highest BCUT2D eigenvalue weighted by Gasteiger charge is 2.25. The summed E-state index contributed by atoms with van der Waals surface area (Å²) in [5, 5.41) is 12.0. The molecular formula is C12H19N3OS. The lowest BCUT2D eigenvalue weighted by Crippen LogP contribution is -2.06. The minimum Gasteiger partial charge on any atom is -0.396 e. The van der Waals surface area contributed by atoms with Crippen LogP contribution >= 0.6 is 12.2 Å². The Bertz CT molecular complexity index is 414. The molecule has 3 N–H and O–H groups in total. The van der Waals surface area contributed by atoms with Crippen LogP contribution < -0.4 is 5.32 Å². The fourth-order valence-electron chi connectivity index (χ4n) is 1.76. The lowest BCUT2D eigenvalue weighted by Gasteiger charge is -2.08. The van der Waals surface area contributed by atoms with Gasteiger partial charge in [-0.25, -0.2) is 4.98 Å². The Balaban J connectivity index is 1.85. The molecule has 0 saturated heterocycles. The molecule has 0 radical (unpaired) electrons. The van der Waals surface area contributed by atoms with E-state index in [-0.39, 0.29) is 6.61 Å². The van der Waals surface area contributed by atoms with Crippen molar-refractivity contribution in [1.29, 1.82) is 0 Å². The fourth-order valence-corrected chi connectivity index (χ4v) is 1.97. The molecule has 1 fully saturated rings. The molecule has 17 heavy (non-hydrogen) atoms. The van der Waals surface area contributed by atoms with Crippen molar-refractivity contribution in [2.45, 2.75) is 38.0 Å². The third-order valence-corrected chi connectivity index (χ3v) is 3.08. The number of anilines is 1. The summed E-state index contributed by atoms with van der Waals surface area (Å²) in [6.07, 6.45) is 5.42. The van der Waals surface area contributed by atoms with Crippen LogP contribution in [0.25, 0.3) is 0 Å². The summed E-state index contributed by atoms with van der Waals surface area (Å²) in [6.45, 7) is 1.18. The first kappa shape index (κ1) is 12.5. The third-order valence-electron chi connectivity index (χ3n) is 2.88. The molecule has 94 valence electrons. The zero-order valence-corrected chi connectivity index (χ0v) is 10.7. The molecule has 1 aliphatic rings. The Hall–Kier alpha value is -0.940. The van der Waals surface area contributed by atoms with Crippen molar-refractivity contribution in [2.75, 3.05) is 18.5 Å². The number of nitrogens with zero attached hydrogens (tertiary/aromatic N) is 1. The van der Waals surface area contributed by atoms with E-state index in [4.69, 9.17) is 17.3 Å². The minimum atomic E-state index is 0.281. The fraction of sp³-hybridized carbons (Fsp3) is 0.667. The van der Waals surface area contributed by atoms with E-state index < -0.39 is 0 Å². The van der Waals surface area contributed by atoms with Crippen LogP contribution in [0.4, 0.5) is 5.82 Å². The number of rotatable bonds is 7. The molecule has 1 aromatic heterocycles. The molecule has 5 heteroatoms. The highest BCUT2D eigenvalue weighted by atomic mass is 32.1. The van der Waals surface area contributed by atoms with Crippen LogP contribution in [0.2, 0.25) is 0 Å². The molecule has 0 aromatic carbocycles. The Kier molecular flexibility index (Phi) is 4.50. The van der Waals surface area contributed by atoms with E-state index in [1.807, 2.05) is 6.07 Å². The number of hydrogen-bond acceptors (Lipinski definition) is 4. The van der Waals surface area contributed by atoms with Gasteiger partial charge in [0.15, 0.2) is 0 Å². The molecule has 0 spiro atoms. The summed E-state index contributed by atoms with van der Waals surface area (Å²) in [5.74, 6) is 2.58. The number of hydrogen-bond donors (Lipinski definition) is 3. The maximum absolute atomic E-state index is 8.67. The standard InChI is InChI=1S/C12H19N3OS/c16-7-3-1-2-6-13-10-8-11(17)15-12(14-10)9-4-5-9/h8-9,16H,1-7H2,(H2,13,14,15,17). The number of aromatic amines is 1. The quantitative estimate of drug-likeness (QED) is 0.516. The van der Waals surface area contributed by atoms with Gasteiger partial charge in [-0.3, -0.25) is 0 Å². The van der Waals surface area contributed by atoms with Gasteiger partial charge in [0.25, 0.3) is 0 Å². The number of aliphatic hydroxyl groups is 1. The van der Waals surface area contributed by atoms with Crippen molar-refractivity contribution in [1.82, 2.24) is 9.97 Å². The molecule has 0 atom stereocenters. The molecule has 1 aliphatic carbocycles. The van der Waals surface area contributed by atoms with Gasteiger partial charge in [-0.2, -0.15) is 0 Å². The maximum atomic E-state index is 8.67. The zero-order chi connectivity index (χ0) is 12.1. The number of aromatic nitrogens is 2. The lowest BCUT2D eigenvalue weighted by atomic mass is 10.2. The van der Waals surface area contributed by atoms with E-state index in [2.05, 4.69) is 15.3 Å². The van der Waals surface area contributed by atoms with Gasteiger partial charge in [-0.1, -0.05) is 12.2 Å². The maximum Gasteiger partial charge on any atom is 0.131 e. The van der Waals surface area contributed by atoms with E-state index in [1.165, 1.54) is 12.8 Å². The van der Waals surface area contributed by atoms with Crippen LogP contribution in [0.3, 0.4) is 0 Å². The highest BCUT2D eigenvalue weighted by Crippen LogP contribution is 2.38. The largest absolute Gasteiger partial charge is 0.396 e. The molecule has 1 aromatic rings. The normalized spacial score (nSPS) is 14.9. The van der Waals surface area contributed by atoms with Crippen LogP contribution in [-0.2, 0) is 0 Å². The van der Waals surface area contributed by atoms with Gasteiger partial charge in [0.2, 0.25) is 0 Å². The van der Waals surface area contributed by atoms with Gasteiger partial charge in [0.1, 0.15) is 16.3 Å². The highest BCUT2D eigenvalue weighted by molar-refractivity contribution is 7.71. The summed E-state index contributed by atoms with van der Waals surface area (Å²) in [6, 6.07) is 1.87. The predicted molar refractivity (Wildman–Crippen MR) is 70.8 cm³/mol. The van der Waals surface area contributed by atoms with Crippen molar-refractivity contribution in [3.05, 3.63) is 16.5 Å². The molecule has 0 amide bonds. The molecule has 1 saturated carbocycles. The van der Waals surface area contributed by atoms with Gasteiger partial charge >= 0.3 is 0 Å². The third kappa shape index (κ3) is 4.09. The summed E-state index contributed by atoms with van der Waals surface area (Å²) in [5.41, 5.74) is 0. The summed E-state index contributed by atoms with van der Waals surface area (Å²) >= 11 is 5.15. The molecule has 4 nitrogen and oxygen atoms in total. The average Bonchev–Trinajstić information content (AvgIpc) is 3.12. The average molecular weight is 253 g/mol. The monoisotopic (exact) mass is 253 g/mol. The predicted octanol–water partition coefficient (Wildman–Crippen LogP) is 2.59. The van der Waals surface area contributed by atoms with Gasteiger partial charge in [0, 0.05) is 25.1 Å². The van der Waals surface area contributed by atoms with Crippen molar-refractivity contribution >= 4 is 18.0 Å². The van der Waals surface area contributed by atoms with Crippen molar-refractivity contribution in [3.8, 4) is 0 Å². The van der Waals surface area contributed by atoms with E-state index in [9.17, 15) is 0 Å². The number of aliphatic hydroxyl groups excluding tert-OH is 1. The second-order valence-electron chi connectivity index (χ2n) is 4.50. The van der Waals surface area contributed by atoms with Gasteiger partial charge < -0.3 is 15.4 Å². The van der Waals surface area contributed by atoms with Crippen molar-refractivity contribution in [2.24, 2.45) is 0 Å². The van der Waals surface area contributed by atoms with E-state index in [0.717, 1.165) is 37.4 Å². The first-order valence-corrected chi connectivity index (χ1v) is 6.66. The van der Waals surface area contributed by atoms with Crippen LogP contribution in [0.1, 0.15) is 43.8 Å². The second-order valence-corrected chi connectivity index (χ2v) is 4.92. The van der Waals surface area contributed by atoms with Gasteiger partial charge in [0.05, 0.1) is 0 Å². The van der Waals surface area contributed by atoms with E-state index in [0.29, 0.717) is 10.6 Å². The Morgan fingerprint density at radius 3 is 2.94 bits per heavy atom. The smallest absolute Gasteiger partial charge is 0.131 e. The van der Waals surface area contributed by atoms with Gasteiger partial charge in [-0.15, -0.1) is 0 Å². The molecule has 0 aliphatic heterocycles. The molecule has 0 unspecified atom stereocenters. The van der Waals surface area contributed by atoms with E-state index >= 15 is 0 Å². The molecule has 0 bridgehead atoms. The van der Waals surface area contributed by atoms with Crippen LogP contribution in [0.5, 0.6) is 0 Å². The lowest BCUT2D eigenvalue weighted by molar-refractivity contribution is 0.283. The molecule has 2 rings (SSSR count). The summed E-state index contributed by atoms with van der Waals surface area (Å²) in [7, 11) is 0. The summed E-state index contributed by atoms with van der Waals surface area (Å²) < 4.78 is 0.656. The first-order valence-electron chi connectivity index (χ1n) is 6.25. The number of unbranched alkanes of at least 4 members (excludes halogenated alkanes) is 2. The minimum absolute atomic E-state index is 0.281. The molecular weight excluding hydrogens is 234 g/mol. The first-order chi connectivity index (χ1) is 8.29. The van der Waals surface area contributed by atoms with Crippen molar-refractivity contribution in [3.63, 3.8) is 0 Å². The SMILES string of the molecule is OCCCCCNc1cc(=S)nc(C2CC2)[nH]1. The van der Waals surface area contributed by atoms with Gasteiger partial charge in [-0.05, 0) is 32.1 Å². The van der Waals surface area contributed by atoms with Crippen LogP contribution in [0.15, 0.2) is 6.07 Å². The zero-order valence-electron chi connectivity index (χ0n) is 9.91. The Labute approximate surface area is 106 Å². The molecule has 1 heterocycles. The summed E-state index contributed by atoms with van der Waals surface area (Å²) in [4.78, 5) is 7.64. The second kappa shape index (κ2) is 6.12. The Morgan fingerprint density at radius 1 is 1.41 bits per heavy atom. The topological polar surface area (TPSA) is 60.9 Å². The number of nitrogens with one attached hydrogen (secondary N) is 2. The van der Waals surface area contributed by atoms with Crippen molar-refractivity contribution < 1.29 is 5.11 Å². The van der Waals surface area contributed by atoms with Crippen LogP contribution in [-0.4, -0.2) is 28.2 Å². The Morgan fingerprint density at radius 2 is 2.24 bits per heavy atom.